The molecule has 3 heterocycles. The van der Waals surface area contributed by atoms with Crippen LogP contribution in [0, 0.1) is 0 Å². The molecule has 21 heavy (non-hydrogen) atoms. The molecule has 2 N–H and O–H groups in total. The number of fused-ring (bicyclic) bond motifs is 1. The van der Waals surface area contributed by atoms with Gasteiger partial charge in [0.05, 0.1) is 18.6 Å². The Bertz CT molecular complexity index is 572. The van der Waals surface area contributed by atoms with Gasteiger partial charge in [-0.15, -0.1) is 0 Å². The van der Waals surface area contributed by atoms with Gasteiger partial charge in [-0.3, -0.25) is 4.79 Å². The summed E-state index contributed by atoms with van der Waals surface area (Å²) in [5.41, 5.74) is 0.462. The molecule has 7 nitrogen and oxygen atoms in total. The number of rotatable bonds is 1. The summed E-state index contributed by atoms with van der Waals surface area (Å²) in [5, 5.41) is 16.7. The van der Waals surface area contributed by atoms with Gasteiger partial charge in [0.1, 0.15) is 5.56 Å². The summed E-state index contributed by atoms with van der Waals surface area (Å²) in [7, 11) is 0. The van der Waals surface area contributed by atoms with Crippen LogP contribution in [0.3, 0.4) is 0 Å². The number of aliphatic hydroxyl groups excluding tert-OH is 1. The lowest BCUT2D eigenvalue weighted by Crippen LogP contribution is -2.53. The summed E-state index contributed by atoms with van der Waals surface area (Å²) >= 11 is 0. The first kappa shape index (κ1) is 13.8. The predicted molar refractivity (Wildman–Crippen MR) is 79.5 cm³/mol. The van der Waals surface area contributed by atoms with E-state index in [9.17, 15) is 9.90 Å². The van der Waals surface area contributed by atoms with E-state index < -0.39 is 6.10 Å². The minimum atomic E-state index is -0.411. The molecule has 1 aromatic heterocycles. The number of aliphatic imine (C=N–C) groups is 1. The van der Waals surface area contributed by atoms with E-state index in [4.69, 9.17) is 0 Å². The van der Waals surface area contributed by atoms with Crippen LogP contribution in [0.15, 0.2) is 17.3 Å². The van der Waals surface area contributed by atoms with Crippen molar-refractivity contribution in [3.63, 3.8) is 0 Å². The monoisotopic (exact) mass is 289 g/mol. The number of nitrogens with zero attached hydrogens (tertiary/aromatic N) is 4. The van der Waals surface area contributed by atoms with Crippen LogP contribution in [0.4, 0.5) is 5.82 Å². The number of carbonyl (C=O) groups excluding carboxylic acids is 1. The summed E-state index contributed by atoms with van der Waals surface area (Å²) in [6, 6.07) is 0. The number of carbonyl (C=O) groups is 1. The summed E-state index contributed by atoms with van der Waals surface area (Å²) < 4.78 is 1.62. The summed E-state index contributed by atoms with van der Waals surface area (Å²) in [4.78, 5) is 18.3. The quantitative estimate of drug-likeness (QED) is 0.793. The maximum absolute atomic E-state index is 12.4. The molecule has 1 saturated heterocycles. The molecule has 112 valence electrons. The highest BCUT2D eigenvalue weighted by Gasteiger charge is 2.31. The zero-order valence-corrected chi connectivity index (χ0v) is 11.8. The number of likely N-dealkylation sites (tertiary alicyclic amines) is 1. The molecule has 1 amide bonds. The molecule has 0 unspecified atom stereocenters. The Labute approximate surface area is 123 Å². The molecule has 0 bridgehead atoms. The summed E-state index contributed by atoms with van der Waals surface area (Å²) in [6.07, 6.45) is 9.79. The molecule has 0 aromatic carbocycles. The van der Waals surface area contributed by atoms with Gasteiger partial charge < -0.3 is 15.3 Å². The van der Waals surface area contributed by atoms with E-state index in [0.29, 0.717) is 24.5 Å². The molecule has 0 radical (unpaired) electrons. The Kier molecular flexibility index (Phi) is 4.01. The lowest BCUT2D eigenvalue weighted by molar-refractivity contribution is 0.00595. The number of aliphatic hydroxyl groups is 1. The van der Waals surface area contributed by atoms with Gasteiger partial charge in [0.2, 0.25) is 0 Å². The highest BCUT2D eigenvalue weighted by molar-refractivity contribution is 5.99. The lowest BCUT2D eigenvalue weighted by atomic mass is 10.1. The van der Waals surface area contributed by atoms with Crippen LogP contribution in [0.5, 0.6) is 0 Å². The van der Waals surface area contributed by atoms with Crippen LogP contribution < -0.4 is 5.32 Å². The van der Waals surface area contributed by atoms with Gasteiger partial charge in [0.25, 0.3) is 5.91 Å². The van der Waals surface area contributed by atoms with Crippen molar-refractivity contribution < 1.29 is 9.90 Å². The highest BCUT2D eigenvalue weighted by atomic mass is 16.3. The molecular weight excluding hydrogens is 270 g/mol. The van der Waals surface area contributed by atoms with Crippen molar-refractivity contribution in [1.29, 1.82) is 0 Å². The number of aromatic nitrogens is 2. The van der Waals surface area contributed by atoms with E-state index >= 15 is 0 Å². The third kappa shape index (κ3) is 2.97. The van der Waals surface area contributed by atoms with Gasteiger partial charge in [0, 0.05) is 25.8 Å². The fraction of sp³-hybridized carbons (Fsp3) is 0.500. The summed E-state index contributed by atoms with van der Waals surface area (Å²) in [6.45, 7) is 1.62. The summed E-state index contributed by atoms with van der Waals surface area (Å²) in [5.74, 6) is 0.383. The predicted octanol–water partition coefficient (Wildman–Crippen LogP) is 0.604. The maximum Gasteiger partial charge on any atom is 0.259 e. The second-order valence-corrected chi connectivity index (χ2v) is 5.28. The molecule has 3 rings (SSSR count). The molecule has 1 aromatic rings. The van der Waals surface area contributed by atoms with Crippen LogP contribution in [0.2, 0.25) is 0 Å². The number of β-amino-alcohol motifs (C(OH)–C–C–N with tert-alkyl or cyclic N) is 1. The fourth-order valence-corrected chi connectivity index (χ4v) is 2.37. The normalized spacial score (nSPS) is 22.4. The van der Waals surface area contributed by atoms with Crippen LogP contribution >= 0.6 is 0 Å². The first-order valence-corrected chi connectivity index (χ1v) is 7.23. The molecule has 2 aliphatic heterocycles. The van der Waals surface area contributed by atoms with Crippen molar-refractivity contribution in [2.45, 2.75) is 25.4 Å². The van der Waals surface area contributed by atoms with Crippen molar-refractivity contribution in [3.05, 3.63) is 17.8 Å². The van der Waals surface area contributed by atoms with E-state index in [1.54, 1.807) is 15.9 Å². The number of nitrogens with one attached hydrogen (secondary N) is 1. The van der Waals surface area contributed by atoms with Gasteiger partial charge in [-0.2, -0.15) is 5.10 Å². The Morgan fingerprint density at radius 1 is 1.38 bits per heavy atom. The van der Waals surface area contributed by atoms with Gasteiger partial charge in [-0.25, -0.2) is 9.67 Å². The second kappa shape index (κ2) is 6.09. The number of hydrogen-bond acceptors (Lipinski definition) is 5. The molecule has 0 saturated carbocycles. The fourth-order valence-electron chi connectivity index (χ4n) is 2.37. The Balaban J connectivity index is 1.87. The molecule has 2 aliphatic rings. The third-order valence-corrected chi connectivity index (χ3v) is 3.62. The molecule has 1 fully saturated rings. The molecule has 0 atom stereocenters. The van der Waals surface area contributed by atoms with E-state index in [0.717, 1.165) is 25.8 Å². The smallest absolute Gasteiger partial charge is 0.259 e. The second-order valence-electron chi connectivity index (χ2n) is 5.28. The van der Waals surface area contributed by atoms with Crippen molar-refractivity contribution in [2.24, 2.45) is 4.99 Å². The van der Waals surface area contributed by atoms with Gasteiger partial charge in [0.15, 0.2) is 5.82 Å². The molecule has 7 heteroatoms. The van der Waals surface area contributed by atoms with E-state index in [1.807, 2.05) is 12.3 Å². The zero-order valence-electron chi connectivity index (χ0n) is 11.8. The van der Waals surface area contributed by atoms with Gasteiger partial charge in [-0.1, -0.05) is 6.08 Å². The zero-order chi connectivity index (χ0) is 14.7. The van der Waals surface area contributed by atoms with Crippen molar-refractivity contribution in [2.75, 3.05) is 19.6 Å². The third-order valence-electron chi connectivity index (χ3n) is 3.62. The first-order valence-electron chi connectivity index (χ1n) is 7.23. The minimum absolute atomic E-state index is 0.137. The van der Waals surface area contributed by atoms with Crippen molar-refractivity contribution in [1.82, 2.24) is 20.0 Å². The van der Waals surface area contributed by atoms with E-state index in [1.165, 1.54) is 6.20 Å². The largest absolute Gasteiger partial charge is 0.389 e. The Morgan fingerprint density at radius 3 is 3.05 bits per heavy atom. The topological polar surface area (TPSA) is 82.8 Å². The number of allylic oxidation sites excluding steroid dienone is 1. The Morgan fingerprint density at radius 2 is 2.24 bits per heavy atom. The van der Waals surface area contributed by atoms with Crippen LogP contribution in [-0.4, -0.2) is 57.8 Å². The first-order chi connectivity index (χ1) is 10.3. The average molecular weight is 289 g/mol. The van der Waals surface area contributed by atoms with Gasteiger partial charge >= 0.3 is 0 Å². The molecule has 0 aliphatic carbocycles. The SMILES string of the molecule is O=C(c1cnn2c1/N=C/NCCCC/C=C\2)N1CC(O)C1. The van der Waals surface area contributed by atoms with Crippen LogP contribution in [-0.2, 0) is 0 Å². The van der Waals surface area contributed by atoms with Crippen molar-refractivity contribution in [3.8, 4) is 0 Å². The minimum Gasteiger partial charge on any atom is -0.389 e. The van der Waals surface area contributed by atoms with Crippen LogP contribution in [0.25, 0.3) is 6.20 Å². The standard InChI is InChI=1S/C14H19N5O2/c20-11-8-18(9-11)14(21)12-7-17-19-6-4-2-1-3-5-15-10-16-13(12)19/h4,6-7,10-11,20H,1-3,5,8-9H2,(H,15,16)/b6-4-. The number of amides is 1. The van der Waals surface area contributed by atoms with Gasteiger partial charge in [-0.05, 0) is 19.3 Å². The molecule has 0 spiro atoms. The Hall–Kier alpha value is -2.15. The number of hydrogen-bond donors (Lipinski definition) is 2. The highest BCUT2D eigenvalue weighted by Crippen LogP contribution is 2.23. The van der Waals surface area contributed by atoms with E-state index in [2.05, 4.69) is 15.4 Å². The molecular formula is C14H19N5O2. The maximum atomic E-state index is 12.4. The lowest BCUT2D eigenvalue weighted by Gasteiger charge is -2.35. The van der Waals surface area contributed by atoms with Crippen molar-refractivity contribution >= 4 is 24.3 Å². The average Bonchev–Trinajstić information content (AvgIpc) is 2.82. The van der Waals surface area contributed by atoms with E-state index in [-0.39, 0.29) is 5.91 Å². The van der Waals surface area contributed by atoms with Crippen LogP contribution in [0.1, 0.15) is 29.6 Å².